The number of nitro groups is 1. The fourth-order valence-corrected chi connectivity index (χ4v) is 5.54. The Morgan fingerprint density at radius 2 is 1.81 bits per heavy atom. The Balaban J connectivity index is 1.85. The van der Waals surface area contributed by atoms with Crippen molar-refractivity contribution >= 4 is 48.7 Å². The molecule has 0 amide bonds. The van der Waals surface area contributed by atoms with Crippen LogP contribution in [0.2, 0.25) is 5.02 Å². The first-order valence-electron chi connectivity index (χ1n) is 7.67. The summed E-state index contributed by atoms with van der Waals surface area (Å²) in [6.07, 6.45) is 0.508. The number of benzene rings is 2. The molecular formula is C15H14ClN3O6S2. The molecule has 0 spiro atoms. The number of halogens is 1. The molecule has 1 saturated heterocycles. The van der Waals surface area contributed by atoms with Crippen LogP contribution in [-0.2, 0) is 20.0 Å². The van der Waals surface area contributed by atoms with Crippen LogP contribution in [0.15, 0.2) is 47.4 Å². The van der Waals surface area contributed by atoms with Crippen LogP contribution in [0.3, 0.4) is 0 Å². The molecule has 0 aliphatic carbocycles. The summed E-state index contributed by atoms with van der Waals surface area (Å²) in [6.45, 7) is 0.340. The van der Waals surface area contributed by atoms with Crippen LogP contribution < -0.4 is 9.03 Å². The lowest BCUT2D eigenvalue weighted by molar-refractivity contribution is -0.384. The Morgan fingerprint density at radius 3 is 2.33 bits per heavy atom. The van der Waals surface area contributed by atoms with E-state index in [4.69, 9.17) is 11.6 Å². The molecular weight excluding hydrogens is 418 g/mol. The van der Waals surface area contributed by atoms with Crippen molar-refractivity contribution in [1.82, 2.24) is 0 Å². The van der Waals surface area contributed by atoms with Gasteiger partial charge < -0.3 is 0 Å². The third kappa shape index (κ3) is 3.99. The van der Waals surface area contributed by atoms with E-state index in [2.05, 4.69) is 4.72 Å². The van der Waals surface area contributed by atoms with E-state index in [0.29, 0.717) is 18.7 Å². The maximum absolute atomic E-state index is 12.4. The predicted molar refractivity (Wildman–Crippen MR) is 101 cm³/mol. The standard InChI is InChI=1S/C15H14ClN3O6S2/c16-14-10-12(18-8-1-9-26(18,22)23)4-7-15(14)17-27(24,25)13-5-2-11(3-6-13)19(20)21/h2-7,10,17H,1,8-9H2. The summed E-state index contributed by atoms with van der Waals surface area (Å²) >= 11 is 6.12. The van der Waals surface area contributed by atoms with Gasteiger partial charge in [-0.1, -0.05) is 11.6 Å². The molecule has 1 heterocycles. The van der Waals surface area contributed by atoms with Gasteiger partial charge in [-0.2, -0.15) is 0 Å². The summed E-state index contributed by atoms with van der Waals surface area (Å²) in [4.78, 5) is 9.86. The smallest absolute Gasteiger partial charge is 0.269 e. The largest absolute Gasteiger partial charge is 0.278 e. The second kappa shape index (κ2) is 6.98. The fraction of sp³-hybridized carbons (Fsp3) is 0.200. The average molecular weight is 432 g/mol. The number of hydrogen-bond acceptors (Lipinski definition) is 6. The van der Waals surface area contributed by atoms with Gasteiger partial charge >= 0.3 is 0 Å². The molecule has 0 aromatic heterocycles. The molecule has 0 atom stereocenters. The minimum absolute atomic E-state index is 0.0279. The lowest BCUT2D eigenvalue weighted by atomic mass is 10.3. The predicted octanol–water partition coefficient (Wildman–Crippen LogP) is 2.59. The second-order valence-electron chi connectivity index (χ2n) is 5.76. The normalized spacial score (nSPS) is 16.3. The summed E-state index contributed by atoms with van der Waals surface area (Å²) in [5.41, 5.74) is 0.189. The molecule has 3 rings (SSSR count). The molecule has 2 aromatic rings. The van der Waals surface area contributed by atoms with Crippen molar-refractivity contribution in [3.63, 3.8) is 0 Å². The highest BCUT2D eigenvalue weighted by molar-refractivity contribution is 7.93. The van der Waals surface area contributed by atoms with E-state index in [1.165, 1.54) is 22.5 Å². The van der Waals surface area contributed by atoms with Crippen LogP contribution in [0.1, 0.15) is 6.42 Å². The van der Waals surface area contributed by atoms with Crippen molar-refractivity contribution in [3.8, 4) is 0 Å². The van der Waals surface area contributed by atoms with Crippen LogP contribution in [0.25, 0.3) is 0 Å². The van der Waals surface area contributed by atoms with E-state index in [1.54, 1.807) is 0 Å². The number of nitrogens with zero attached hydrogens (tertiary/aromatic N) is 2. The molecule has 9 nitrogen and oxygen atoms in total. The summed E-state index contributed by atoms with van der Waals surface area (Å²) in [5.74, 6) is 0.0547. The Labute approximate surface area is 160 Å². The van der Waals surface area contributed by atoms with E-state index in [0.717, 1.165) is 24.3 Å². The highest BCUT2D eigenvalue weighted by Crippen LogP contribution is 2.32. The maximum atomic E-state index is 12.4. The van der Waals surface area contributed by atoms with Gasteiger partial charge in [-0.05, 0) is 36.8 Å². The van der Waals surface area contributed by atoms with Crippen LogP contribution in [0, 0.1) is 10.1 Å². The van der Waals surface area contributed by atoms with Gasteiger partial charge in [0.05, 0.1) is 32.0 Å². The zero-order chi connectivity index (χ0) is 19.8. The number of nitrogens with one attached hydrogen (secondary N) is 1. The van der Waals surface area contributed by atoms with Crippen LogP contribution in [0.4, 0.5) is 17.1 Å². The Kier molecular flexibility index (Phi) is 5.02. The van der Waals surface area contributed by atoms with Gasteiger partial charge in [-0.25, -0.2) is 16.8 Å². The molecule has 144 valence electrons. The monoisotopic (exact) mass is 431 g/mol. The zero-order valence-corrected chi connectivity index (χ0v) is 16.1. The highest BCUT2D eigenvalue weighted by Gasteiger charge is 2.29. The number of anilines is 2. The van der Waals surface area contributed by atoms with Gasteiger partial charge in [-0.15, -0.1) is 0 Å². The molecule has 0 bridgehead atoms. The van der Waals surface area contributed by atoms with Crippen molar-refractivity contribution in [2.75, 3.05) is 21.3 Å². The SMILES string of the molecule is O=[N+]([O-])c1ccc(S(=O)(=O)Nc2ccc(N3CCCS3(=O)=O)cc2Cl)cc1. The Hall–Kier alpha value is -2.37. The van der Waals surface area contributed by atoms with Gasteiger partial charge in [0.2, 0.25) is 10.0 Å². The molecule has 1 aliphatic rings. The quantitative estimate of drug-likeness (QED) is 0.572. The van der Waals surface area contributed by atoms with Crippen molar-refractivity contribution in [2.45, 2.75) is 11.3 Å². The lowest BCUT2D eigenvalue weighted by Gasteiger charge is -2.18. The molecule has 1 N–H and O–H groups in total. The van der Waals surface area contributed by atoms with Crippen molar-refractivity contribution in [3.05, 3.63) is 57.6 Å². The minimum atomic E-state index is -4.02. The first-order valence-corrected chi connectivity index (χ1v) is 11.1. The zero-order valence-electron chi connectivity index (χ0n) is 13.7. The molecule has 0 saturated carbocycles. The lowest BCUT2D eigenvalue weighted by Crippen LogP contribution is -2.25. The molecule has 27 heavy (non-hydrogen) atoms. The molecule has 1 fully saturated rings. The first-order chi connectivity index (χ1) is 12.6. The van der Waals surface area contributed by atoms with Crippen molar-refractivity contribution < 1.29 is 21.8 Å². The highest BCUT2D eigenvalue weighted by atomic mass is 35.5. The molecule has 1 aliphatic heterocycles. The molecule has 2 aromatic carbocycles. The van der Waals surface area contributed by atoms with Gasteiger partial charge in [-0.3, -0.25) is 19.1 Å². The maximum Gasteiger partial charge on any atom is 0.269 e. The van der Waals surface area contributed by atoms with E-state index in [1.807, 2.05) is 0 Å². The van der Waals surface area contributed by atoms with Crippen molar-refractivity contribution in [2.24, 2.45) is 0 Å². The van der Waals surface area contributed by atoms with Crippen molar-refractivity contribution in [1.29, 1.82) is 0 Å². The Bertz CT molecular complexity index is 1100. The topological polar surface area (TPSA) is 127 Å². The van der Waals surface area contributed by atoms with Crippen LogP contribution >= 0.6 is 11.6 Å². The number of sulfonamides is 2. The molecule has 0 radical (unpaired) electrons. The minimum Gasteiger partial charge on any atom is -0.278 e. The Morgan fingerprint density at radius 1 is 1.15 bits per heavy atom. The van der Waals surface area contributed by atoms with Gasteiger partial charge in [0.15, 0.2) is 0 Å². The number of hydrogen-bond donors (Lipinski definition) is 1. The summed E-state index contributed by atoms with van der Waals surface area (Å²) < 4.78 is 52.3. The summed E-state index contributed by atoms with van der Waals surface area (Å²) in [6, 6.07) is 8.59. The van der Waals surface area contributed by atoms with E-state index in [9.17, 15) is 26.9 Å². The van der Waals surface area contributed by atoms with E-state index < -0.39 is 25.0 Å². The average Bonchev–Trinajstić information content (AvgIpc) is 2.96. The van der Waals surface area contributed by atoms with E-state index >= 15 is 0 Å². The third-order valence-corrected chi connectivity index (χ3v) is 7.51. The van der Waals surface area contributed by atoms with E-state index in [-0.39, 0.29) is 27.0 Å². The molecule has 0 unspecified atom stereocenters. The number of non-ortho nitro benzene ring substituents is 1. The van der Waals surface area contributed by atoms with Gasteiger partial charge in [0, 0.05) is 18.7 Å². The summed E-state index contributed by atoms with van der Waals surface area (Å²) in [5, 5.41) is 10.7. The van der Waals surface area contributed by atoms with Crippen LogP contribution in [0.5, 0.6) is 0 Å². The second-order valence-corrected chi connectivity index (χ2v) is 9.86. The van der Waals surface area contributed by atoms with Gasteiger partial charge in [0.25, 0.3) is 15.7 Å². The molecule has 12 heteroatoms. The number of nitro benzene ring substituents is 1. The fourth-order valence-electron chi connectivity index (χ4n) is 2.62. The van der Waals surface area contributed by atoms with Gasteiger partial charge in [0.1, 0.15) is 0 Å². The summed E-state index contributed by atoms with van der Waals surface area (Å²) in [7, 11) is -7.40. The number of rotatable bonds is 5. The first kappa shape index (κ1) is 19.4. The third-order valence-electron chi connectivity index (χ3n) is 3.94. The van der Waals surface area contributed by atoms with Crippen LogP contribution in [-0.4, -0.2) is 34.1 Å².